The second kappa shape index (κ2) is 8.04. The van der Waals surface area contributed by atoms with E-state index < -0.39 is 0 Å². The summed E-state index contributed by atoms with van der Waals surface area (Å²) in [5, 5.41) is 7.59. The Morgan fingerprint density at radius 1 is 1.23 bits per heavy atom. The molecular weight excluding hydrogens is 324 g/mol. The zero-order valence-electron chi connectivity index (χ0n) is 16.3. The minimum Gasteiger partial charge on any atom is -0.348 e. The fourth-order valence-electron chi connectivity index (χ4n) is 4.13. The van der Waals surface area contributed by atoms with Crippen LogP contribution in [0.2, 0.25) is 0 Å². The zero-order valence-corrected chi connectivity index (χ0v) is 16.3. The Bertz CT molecular complexity index is 745. The molecule has 140 valence electrons. The third kappa shape index (κ3) is 4.15. The molecule has 1 aliphatic rings. The maximum Gasteiger partial charge on any atom is 0.234 e. The van der Waals surface area contributed by atoms with Gasteiger partial charge in [0.25, 0.3) is 0 Å². The average Bonchev–Trinajstić information content (AvgIpc) is 2.88. The number of hydrogen-bond donors (Lipinski definition) is 1. The number of hydrogen-bond acceptors (Lipinski definition) is 3. The molecule has 0 radical (unpaired) electrons. The Balaban J connectivity index is 1.50. The summed E-state index contributed by atoms with van der Waals surface area (Å²) in [5.41, 5.74) is 4.65. The molecule has 26 heavy (non-hydrogen) atoms. The maximum absolute atomic E-state index is 12.5. The monoisotopic (exact) mass is 354 g/mol. The van der Waals surface area contributed by atoms with Crippen molar-refractivity contribution in [2.24, 2.45) is 7.05 Å². The Morgan fingerprint density at radius 2 is 1.88 bits per heavy atom. The molecule has 3 rings (SSSR count). The molecule has 1 aliphatic heterocycles. The minimum absolute atomic E-state index is 0.0157. The number of nitrogens with one attached hydrogen (secondary N) is 1. The second-order valence-electron chi connectivity index (χ2n) is 7.46. The number of carbonyl (C=O) groups is 1. The number of aryl methyl sites for hydroxylation is 2. The lowest BCUT2D eigenvalue weighted by Gasteiger charge is -2.32. The molecule has 1 atom stereocenters. The van der Waals surface area contributed by atoms with Crippen LogP contribution in [-0.4, -0.2) is 40.2 Å². The van der Waals surface area contributed by atoms with Crippen molar-refractivity contribution in [2.75, 3.05) is 19.6 Å². The number of aromatic nitrogens is 2. The van der Waals surface area contributed by atoms with Gasteiger partial charge in [0.2, 0.25) is 5.91 Å². The van der Waals surface area contributed by atoms with Crippen LogP contribution < -0.4 is 5.32 Å². The van der Waals surface area contributed by atoms with E-state index in [0.29, 0.717) is 12.5 Å². The molecule has 5 heteroatoms. The van der Waals surface area contributed by atoms with Crippen LogP contribution in [0.15, 0.2) is 30.3 Å². The third-order valence-electron chi connectivity index (χ3n) is 5.60. The van der Waals surface area contributed by atoms with E-state index in [1.54, 1.807) is 0 Å². The highest BCUT2D eigenvalue weighted by atomic mass is 16.2. The molecule has 0 saturated carbocycles. The Morgan fingerprint density at radius 3 is 2.46 bits per heavy atom. The second-order valence-corrected chi connectivity index (χ2v) is 7.46. The van der Waals surface area contributed by atoms with Gasteiger partial charge in [-0.15, -0.1) is 0 Å². The summed E-state index contributed by atoms with van der Waals surface area (Å²) in [5.74, 6) is 0.716. The smallest absolute Gasteiger partial charge is 0.234 e. The lowest BCUT2D eigenvalue weighted by atomic mass is 9.89. The van der Waals surface area contributed by atoms with Crippen molar-refractivity contribution in [1.82, 2.24) is 20.0 Å². The van der Waals surface area contributed by atoms with Gasteiger partial charge in [-0.1, -0.05) is 30.3 Å². The first-order valence-corrected chi connectivity index (χ1v) is 9.52. The number of benzene rings is 1. The van der Waals surface area contributed by atoms with Crippen molar-refractivity contribution >= 4 is 5.91 Å². The quantitative estimate of drug-likeness (QED) is 0.898. The molecular formula is C21H30N4O. The van der Waals surface area contributed by atoms with Crippen molar-refractivity contribution in [1.29, 1.82) is 0 Å². The van der Waals surface area contributed by atoms with Crippen molar-refractivity contribution < 1.29 is 4.79 Å². The first-order chi connectivity index (χ1) is 12.5. The first kappa shape index (κ1) is 18.6. The van der Waals surface area contributed by atoms with E-state index in [2.05, 4.69) is 45.6 Å². The predicted octanol–water partition coefficient (Wildman–Crippen LogP) is 3.09. The molecule has 1 aromatic carbocycles. The van der Waals surface area contributed by atoms with Crippen LogP contribution in [0.4, 0.5) is 0 Å². The number of likely N-dealkylation sites (tertiary alicyclic amines) is 1. The van der Waals surface area contributed by atoms with E-state index >= 15 is 0 Å². The van der Waals surface area contributed by atoms with Crippen LogP contribution in [0.1, 0.15) is 54.2 Å². The SMILES string of the molecule is Cc1nn(C)c(C)c1[C@H](C)NC(=O)CN1CCC(c2ccccc2)CC1. The summed E-state index contributed by atoms with van der Waals surface area (Å²) in [6.07, 6.45) is 2.24. The Hall–Kier alpha value is -2.14. The van der Waals surface area contributed by atoms with Crippen molar-refractivity contribution in [3.05, 3.63) is 52.8 Å². The largest absolute Gasteiger partial charge is 0.348 e. The molecule has 0 spiro atoms. The molecule has 1 N–H and O–H groups in total. The van der Waals surface area contributed by atoms with Crippen molar-refractivity contribution in [3.63, 3.8) is 0 Å². The summed E-state index contributed by atoms with van der Waals surface area (Å²) in [6, 6.07) is 10.7. The number of carbonyl (C=O) groups excluding carboxylic acids is 1. The predicted molar refractivity (Wildman–Crippen MR) is 104 cm³/mol. The molecule has 1 fully saturated rings. The minimum atomic E-state index is -0.0157. The molecule has 2 heterocycles. The van der Waals surface area contributed by atoms with Gasteiger partial charge in [-0.2, -0.15) is 5.10 Å². The molecule has 1 saturated heterocycles. The summed E-state index contributed by atoms with van der Waals surface area (Å²) in [6.45, 7) is 8.52. The van der Waals surface area contributed by atoms with Crippen LogP contribution in [0.25, 0.3) is 0 Å². The number of amides is 1. The fraction of sp³-hybridized carbons (Fsp3) is 0.524. The van der Waals surface area contributed by atoms with Gasteiger partial charge in [0.1, 0.15) is 0 Å². The van der Waals surface area contributed by atoms with Crippen LogP contribution in [0.5, 0.6) is 0 Å². The summed E-state index contributed by atoms with van der Waals surface area (Å²) in [7, 11) is 1.94. The maximum atomic E-state index is 12.5. The highest BCUT2D eigenvalue weighted by Gasteiger charge is 2.23. The Kier molecular flexibility index (Phi) is 5.77. The van der Waals surface area contributed by atoms with Gasteiger partial charge in [-0.3, -0.25) is 14.4 Å². The third-order valence-corrected chi connectivity index (χ3v) is 5.60. The van der Waals surface area contributed by atoms with Gasteiger partial charge < -0.3 is 5.32 Å². The van der Waals surface area contributed by atoms with E-state index in [1.807, 2.05) is 32.5 Å². The van der Waals surface area contributed by atoms with Crippen LogP contribution in [0, 0.1) is 13.8 Å². The van der Waals surface area contributed by atoms with E-state index in [1.165, 1.54) is 5.56 Å². The molecule has 0 aliphatic carbocycles. The van der Waals surface area contributed by atoms with Crippen molar-refractivity contribution in [2.45, 2.75) is 45.6 Å². The topological polar surface area (TPSA) is 50.2 Å². The normalized spacial score (nSPS) is 17.2. The first-order valence-electron chi connectivity index (χ1n) is 9.52. The summed E-state index contributed by atoms with van der Waals surface area (Å²) < 4.78 is 1.88. The number of nitrogens with zero attached hydrogens (tertiary/aromatic N) is 3. The van der Waals surface area contributed by atoms with Gasteiger partial charge in [-0.25, -0.2) is 0 Å². The van der Waals surface area contributed by atoms with E-state index in [-0.39, 0.29) is 11.9 Å². The molecule has 5 nitrogen and oxygen atoms in total. The molecule has 0 bridgehead atoms. The average molecular weight is 354 g/mol. The van der Waals surface area contributed by atoms with Gasteiger partial charge >= 0.3 is 0 Å². The molecule has 1 aromatic heterocycles. The van der Waals surface area contributed by atoms with Gasteiger partial charge in [-0.05, 0) is 58.2 Å². The van der Waals surface area contributed by atoms with E-state index in [9.17, 15) is 4.79 Å². The van der Waals surface area contributed by atoms with Crippen LogP contribution >= 0.6 is 0 Å². The van der Waals surface area contributed by atoms with Crippen molar-refractivity contribution in [3.8, 4) is 0 Å². The summed E-state index contributed by atoms with van der Waals surface area (Å²) in [4.78, 5) is 14.8. The highest BCUT2D eigenvalue weighted by Crippen LogP contribution is 2.27. The number of piperidine rings is 1. The van der Waals surface area contributed by atoms with Crippen LogP contribution in [0.3, 0.4) is 0 Å². The standard InChI is InChI=1S/C21H30N4O/c1-15(21-16(2)23-24(4)17(21)3)22-20(26)14-25-12-10-19(11-13-25)18-8-6-5-7-9-18/h5-9,15,19H,10-14H2,1-4H3,(H,22,26)/t15-/m0/s1. The molecule has 0 unspecified atom stereocenters. The van der Waals surface area contributed by atoms with E-state index in [4.69, 9.17) is 0 Å². The van der Waals surface area contributed by atoms with Crippen LogP contribution in [-0.2, 0) is 11.8 Å². The van der Waals surface area contributed by atoms with Gasteiger partial charge in [0.05, 0.1) is 18.3 Å². The number of rotatable bonds is 5. The van der Waals surface area contributed by atoms with E-state index in [0.717, 1.165) is 42.9 Å². The van der Waals surface area contributed by atoms with Gasteiger partial charge in [0, 0.05) is 18.3 Å². The van der Waals surface area contributed by atoms with Gasteiger partial charge in [0.15, 0.2) is 0 Å². The fourth-order valence-corrected chi connectivity index (χ4v) is 4.13. The highest BCUT2D eigenvalue weighted by molar-refractivity contribution is 5.78. The Labute approximate surface area is 156 Å². The zero-order chi connectivity index (χ0) is 18.7. The lowest BCUT2D eigenvalue weighted by molar-refractivity contribution is -0.123. The molecule has 2 aromatic rings. The lowest BCUT2D eigenvalue weighted by Crippen LogP contribution is -2.41. The summed E-state index contributed by atoms with van der Waals surface area (Å²) >= 11 is 0. The molecule has 1 amide bonds.